The van der Waals surface area contributed by atoms with Gasteiger partial charge in [-0.2, -0.15) is 13.2 Å². The number of anilines is 1. The second-order valence-corrected chi connectivity index (χ2v) is 9.02. The first kappa shape index (κ1) is 24.0. The van der Waals surface area contributed by atoms with Crippen molar-refractivity contribution < 1.29 is 22.3 Å². The summed E-state index contributed by atoms with van der Waals surface area (Å²) in [5.74, 6) is 0.0727. The number of methoxy groups -OCH3 is 1. The maximum atomic E-state index is 14.6. The first-order valence-electron chi connectivity index (χ1n) is 11.6. The lowest BCUT2D eigenvalue weighted by Crippen LogP contribution is -2.30. The van der Waals surface area contributed by atoms with Crippen LogP contribution in [-0.2, 0) is 12.7 Å². The minimum Gasteiger partial charge on any atom is -0.494 e. The first-order valence-corrected chi connectivity index (χ1v) is 11.6. The molecular weight excluding hydrogens is 474 g/mol. The third-order valence-electron chi connectivity index (χ3n) is 6.85. The molecular formula is C27H25F4N3O2. The van der Waals surface area contributed by atoms with Crippen molar-refractivity contribution in [2.24, 2.45) is 0 Å². The number of aromatic nitrogens is 2. The van der Waals surface area contributed by atoms with Gasteiger partial charge in [-0.3, -0.25) is 9.13 Å². The fourth-order valence-corrected chi connectivity index (χ4v) is 5.25. The molecule has 0 bridgehead atoms. The molecule has 0 unspecified atom stereocenters. The predicted octanol–water partition coefficient (Wildman–Crippen LogP) is 5.78. The molecule has 3 aromatic carbocycles. The van der Waals surface area contributed by atoms with E-state index in [1.807, 2.05) is 17.9 Å². The first-order chi connectivity index (χ1) is 17.2. The van der Waals surface area contributed by atoms with Gasteiger partial charge in [0.05, 0.1) is 36.5 Å². The third kappa shape index (κ3) is 4.02. The molecule has 1 atom stereocenters. The lowest BCUT2D eigenvalue weighted by molar-refractivity contribution is -0.138. The molecule has 2 heterocycles. The molecule has 0 N–H and O–H groups in total. The number of halogens is 4. The highest BCUT2D eigenvalue weighted by atomic mass is 19.4. The fraction of sp³-hybridized carbons (Fsp3) is 0.296. The van der Waals surface area contributed by atoms with Crippen molar-refractivity contribution in [3.8, 4) is 5.75 Å². The third-order valence-corrected chi connectivity index (χ3v) is 6.85. The van der Waals surface area contributed by atoms with Gasteiger partial charge in [0.1, 0.15) is 17.1 Å². The Kier molecular flexibility index (Phi) is 6.02. The van der Waals surface area contributed by atoms with E-state index in [4.69, 9.17) is 4.74 Å². The summed E-state index contributed by atoms with van der Waals surface area (Å²) < 4.78 is 64.1. The Balaban J connectivity index is 1.61. The molecule has 0 saturated carbocycles. The number of imidazole rings is 1. The van der Waals surface area contributed by atoms with Crippen LogP contribution in [0.1, 0.15) is 29.2 Å². The highest BCUT2D eigenvalue weighted by Crippen LogP contribution is 2.36. The SMILES string of the molecule is COc1cccc2c1n(Cc1ccccc1C(F)(F)F)c(=O)n2[C@@H]1CCN(c2c(C)cccc2F)C1. The molecule has 1 aliphatic heterocycles. The van der Waals surface area contributed by atoms with Crippen LogP contribution in [0.25, 0.3) is 11.0 Å². The van der Waals surface area contributed by atoms with Gasteiger partial charge in [0.25, 0.3) is 0 Å². The number of nitrogens with zero attached hydrogens (tertiary/aromatic N) is 3. The minimum atomic E-state index is -4.55. The molecule has 1 aromatic heterocycles. The largest absolute Gasteiger partial charge is 0.494 e. The number of para-hydroxylation sites is 2. The summed E-state index contributed by atoms with van der Waals surface area (Å²) in [5, 5.41) is 0. The van der Waals surface area contributed by atoms with E-state index in [9.17, 15) is 22.4 Å². The summed E-state index contributed by atoms with van der Waals surface area (Å²) >= 11 is 0. The van der Waals surface area contributed by atoms with Crippen molar-refractivity contribution in [1.82, 2.24) is 9.13 Å². The van der Waals surface area contributed by atoms with Crippen LogP contribution in [0.4, 0.5) is 23.2 Å². The van der Waals surface area contributed by atoms with Crippen LogP contribution in [0.15, 0.2) is 65.5 Å². The van der Waals surface area contributed by atoms with Gasteiger partial charge in [-0.25, -0.2) is 9.18 Å². The van der Waals surface area contributed by atoms with Gasteiger partial charge < -0.3 is 9.64 Å². The molecule has 1 saturated heterocycles. The van der Waals surface area contributed by atoms with Gasteiger partial charge in [-0.05, 0) is 48.7 Å². The van der Waals surface area contributed by atoms with E-state index >= 15 is 0 Å². The topological polar surface area (TPSA) is 39.4 Å². The maximum Gasteiger partial charge on any atom is 0.416 e. The van der Waals surface area contributed by atoms with Gasteiger partial charge in [-0.1, -0.05) is 36.4 Å². The molecule has 5 rings (SSSR count). The number of fused-ring (bicyclic) bond motifs is 1. The summed E-state index contributed by atoms with van der Waals surface area (Å²) in [6.45, 7) is 2.53. The van der Waals surface area contributed by atoms with Crippen molar-refractivity contribution in [3.05, 3.63) is 93.7 Å². The van der Waals surface area contributed by atoms with Crippen molar-refractivity contribution in [2.45, 2.75) is 32.1 Å². The standard InChI is InChI=1S/C27H25F4N3O2/c1-17-7-5-10-21(28)24(17)32-14-13-19(16-32)34-22-11-6-12-23(36-2)25(22)33(26(34)35)15-18-8-3-4-9-20(18)27(29,30)31/h3-12,19H,13-16H2,1-2H3/t19-/m1/s1. The van der Waals surface area contributed by atoms with E-state index in [1.54, 1.807) is 28.8 Å². The van der Waals surface area contributed by atoms with Crippen molar-refractivity contribution in [3.63, 3.8) is 0 Å². The predicted molar refractivity (Wildman–Crippen MR) is 130 cm³/mol. The Morgan fingerprint density at radius 3 is 2.50 bits per heavy atom. The molecule has 1 fully saturated rings. The zero-order chi connectivity index (χ0) is 25.6. The minimum absolute atomic E-state index is 0.00733. The van der Waals surface area contributed by atoms with Crippen LogP contribution in [0.5, 0.6) is 5.75 Å². The average molecular weight is 500 g/mol. The Morgan fingerprint density at radius 2 is 1.78 bits per heavy atom. The fourth-order valence-electron chi connectivity index (χ4n) is 5.25. The maximum absolute atomic E-state index is 14.6. The van der Waals surface area contributed by atoms with Crippen LogP contribution < -0.4 is 15.3 Å². The van der Waals surface area contributed by atoms with Crippen LogP contribution in [0.2, 0.25) is 0 Å². The second kappa shape index (κ2) is 9.04. The lowest BCUT2D eigenvalue weighted by atomic mass is 10.1. The summed E-state index contributed by atoms with van der Waals surface area (Å²) in [4.78, 5) is 15.7. The van der Waals surface area contributed by atoms with Crippen LogP contribution in [0.3, 0.4) is 0 Å². The van der Waals surface area contributed by atoms with Gasteiger partial charge in [-0.15, -0.1) is 0 Å². The smallest absolute Gasteiger partial charge is 0.416 e. The van der Waals surface area contributed by atoms with E-state index in [2.05, 4.69) is 0 Å². The molecule has 0 spiro atoms. The van der Waals surface area contributed by atoms with Crippen LogP contribution in [0, 0.1) is 12.7 Å². The Labute approximate surface area is 205 Å². The Bertz CT molecular complexity index is 1470. The molecule has 0 amide bonds. The number of hydrogen-bond acceptors (Lipinski definition) is 3. The van der Waals surface area contributed by atoms with Crippen molar-refractivity contribution in [1.29, 1.82) is 0 Å². The Morgan fingerprint density at radius 1 is 1.03 bits per heavy atom. The van der Waals surface area contributed by atoms with Gasteiger partial charge >= 0.3 is 11.9 Å². The summed E-state index contributed by atoms with van der Waals surface area (Å²) in [7, 11) is 1.46. The lowest BCUT2D eigenvalue weighted by Gasteiger charge is -2.21. The normalized spacial score (nSPS) is 16.2. The zero-order valence-electron chi connectivity index (χ0n) is 19.8. The number of benzene rings is 3. The number of rotatable bonds is 5. The molecule has 9 heteroatoms. The van der Waals surface area contributed by atoms with E-state index in [1.165, 1.54) is 35.9 Å². The number of aryl methyl sites for hydroxylation is 1. The molecule has 188 valence electrons. The number of alkyl halides is 3. The van der Waals surface area contributed by atoms with E-state index in [0.29, 0.717) is 42.0 Å². The van der Waals surface area contributed by atoms with Gasteiger partial charge in [0.15, 0.2) is 0 Å². The van der Waals surface area contributed by atoms with Crippen LogP contribution >= 0.6 is 0 Å². The van der Waals surface area contributed by atoms with E-state index in [-0.39, 0.29) is 24.0 Å². The number of ether oxygens (including phenoxy) is 1. The van der Waals surface area contributed by atoms with Gasteiger partial charge in [0, 0.05) is 13.1 Å². The molecule has 36 heavy (non-hydrogen) atoms. The van der Waals surface area contributed by atoms with E-state index in [0.717, 1.165) is 11.6 Å². The van der Waals surface area contributed by atoms with Crippen LogP contribution in [-0.4, -0.2) is 29.3 Å². The Hall–Kier alpha value is -3.75. The highest BCUT2D eigenvalue weighted by molar-refractivity contribution is 5.83. The number of hydrogen-bond donors (Lipinski definition) is 0. The molecule has 1 aliphatic rings. The molecule has 0 radical (unpaired) electrons. The average Bonchev–Trinajstić information content (AvgIpc) is 3.41. The molecule has 4 aromatic rings. The van der Waals surface area contributed by atoms with Crippen molar-refractivity contribution >= 4 is 16.7 Å². The molecule has 0 aliphatic carbocycles. The summed E-state index contributed by atoms with van der Waals surface area (Å²) in [6.07, 6.45) is -3.96. The molecule has 5 nitrogen and oxygen atoms in total. The summed E-state index contributed by atoms with van der Waals surface area (Å²) in [6, 6.07) is 15.1. The van der Waals surface area contributed by atoms with E-state index < -0.39 is 17.4 Å². The highest BCUT2D eigenvalue weighted by Gasteiger charge is 2.34. The summed E-state index contributed by atoms with van der Waals surface area (Å²) in [5.41, 5.74) is 1.10. The quantitative estimate of drug-likeness (QED) is 0.327. The second-order valence-electron chi connectivity index (χ2n) is 9.02. The van der Waals surface area contributed by atoms with Gasteiger partial charge in [0.2, 0.25) is 0 Å². The monoisotopic (exact) mass is 499 g/mol. The van der Waals surface area contributed by atoms with Crippen molar-refractivity contribution in [2.75, 3.05) is 25.1 Å². The zero-order valence-corrected chi connectivity index (χ0v) is 19.8.